The molecule has 0 spiro atoms. The third-order valence-corrected chi connectivity index (χ3v) is 8.04. The predicted molar refractivity (Wildman–Crippen MR) is 165 cm³/mol. The molecular weight excluding hydrogens is 595 g/mol. The van der Waals surface area contributed by atoms with E-state index in [9.17, 15) is 23.6 Å². The summed E-state index contributed by atoms with van der Waals surface area (Å²) in [4.78, 5) is 49.5. The van der Waals surface area contributed by atoms with Gasteiger partial charge in [0.05, 0.1) is 24.2 Å². The van der Waals surface area contributed by atoms with Gasteiger partial charge >= 0.3 is 23.9 Å². The smallest absolute Gasteiger partial charge is 0.343 e. The number of carbonyl (C=O) groups excluding carboxylic acids is 4. The van der Waals surface area contributed by atoms with Gasteiger partial charge in [-0.2, -0.15) is 0 Å². The minimum Gasteiger partial charge on any atom is -0.462 e. The molecule has 10 heteroatoms. The maximum atomic E-state index is 14.8. The van der Waals surface area contributed by atoms with Crippen LogP contribution in [0.3, 0.4) is 0 Å². The Kier molecular flexibility index (Phi) is 9.77. The average Bonchev–Trinajstić information content (AvgIpc) is 3.31. The fraction of sp³-hybridized carbons (Fsp3) is 0.278. The van der Waals surface area contributed by atoms with Crippen LogP contribution in [0.1, 0.15) is 72.9 Å². The summed E-state index contributed by atoms with van der Waals surface area (Å²) < 4.78 is 36.1. The summed E-state index contributed by atoms with van der Waals surface area (Å²) in [7, 11) is 0. The van der Waals surface area contributed by atoms with Gasteiger partial charge in [0.25, 0.3) is 0 Å². The van der Waals surface area contributed by atoms with Gasteiger partial charge in [-0.3, -0.25) is 4.79 Å². The molecule has 1 fully saturated rings. The summed E-state index contributed by atoms with van der Waals surface area (Å²) in [5, 5.41) is 9.11. The van der Waals surface area contributed by atoms with Gasteiger partial charge in [-0.05, 0) is 90.4 Å². The molecule has 0 heterocycles. The van der Waals surface area contributed by atoms with E-state index in [1.165, 1.54) is 6.07 Å². The first-order valence-electron chi connectivity index (χ1n) is 14.9. The van der Waals surface area contributed by atoms with Crippen molar-refractivity contribution in [2.24, 2.45) is 0 Å². The number of fused-ring (bicyclic) bond motifs is 3. The molecule has 1 atom stereocenters. The maximum Gasteiger partial charge on any atom is 0.343 e. The summed E-state index contributed by atoms with van der Waals surface area (Å²) >= 11 is 0. The molecule has 1 unspecified atom stereocenters. The maximum absolute atomic E-state index is 14.8. The molecule has 2 aliphatic rings. The number of rotatable bonds is 10. The van der Waals surface area contributed by atoms with Crippen molar-refractivity contribution in [2.45, 2.75) is 57.5 Å². The van der Waals surface area contributed by atoms with Crippen molar-refractivity contribution < 1.29 is 47.6 Å². The molecule has 0 radical (unpaired) electrons. The standard InChI is InChI=1S/C36H33FO9/c1-20(15-33(39)43-24-7-5-4-6-8-24)34(40)46-32-14-9-23(16-31(32)37)36(42)45-26-11-13-28-27-12-10-25(44-35(41)21(2)19-38)17-29(27)22(3)30(28)18-26/h9-14,16-18,22,24,38H,1-2,4-8,15,19H2,3H3. The molecular formula is C36H33FO9. The molecule has 5 rings (SSSR count). The molecule has 1 N–H and O–H groups in total. The second-order valence-electron chi connectivity index (χ2n) is 11.3. The van der Waals surface area contributed by atoms with Crippen LogP contribution in [-0.2, 0) is 19.1 Å². The molecule has 0 amide bonds. The molecule has 1 saturated carbocycles. The van der Waals surface area contributed by atoms with Gasteiger partial charge in [0, 0.05) is 11.5 Å². The molecule has 0 aromatic heterocycles. The van der Waals surface area contributed by atoms with E-state index < -0.39 is 42.1 Å². The number of esters is 4. The minimum absolute atomic E-state index is 0.0619. The molecule has 2 aliphatic carbocycles. The Morgan fingerprint density at radius 3 is 2.02 bits per heavy atom. The lowest BCUT2D eigenvalue weighted by Crippen LogP contribution is -2.22. The first kappa shape index (κ1) is 32.3. The highest BCUT2D eigenvalue weighted by Gasteiger charge is 2.28. The lowest BCUT2D eigenvalue weighted by Gasteiger charge is -2.21. The molecule has 0 bridgehead atoms. The van der Waals surface area contributed by atoms with Crippen LogP contribution in [0.15, 0.2) is 78.9 Å². The summed E-state index contributed by atoms with van der Waals surface area (Å²) in [6.07, 6.45) is 4.10. The number of aliphatic hydroxyl groups excluding tert-OH is 1. The van der Waals surface area contributed by atoms with Gasteiger partial charge in [0.15, 0.2) is 11.6 Å². The predicted octanol–water partition coefficient (Wildman–Crippen LogP) is 6.36. The molecule has 238 valence electrons. The molecule has 9 nitrogen and oxygen atoms in total. The van der Waals surface area contributed by atoms with E-state index in [0.717, 1.165) is 66.5 Å². The Labute approximate surface area is 265 Å². The SMILES string of the molecule is C=C(CO)C(=O)Oc1ccc2c(c1)C(C)c1cc(OC(=O)c3ccc(OC(=O)C(=C)CC(=O)OC4CCCCC4)c(F)c3)ccc1-2. The highest BCUT2D eigenvalue weighted by Crippen LogP contribution is 2.47. The van der Waals surface area contributed by atoms with E-state index >= 15 is 0 Å². The van der Waals surface area contributed by atoms with E-state index in [0.29, 0.717) is 5.75 Å². The Morgan fingerprint density at radius 1 is 0.804 bits per heavy atom. The Morgan fingerprint density at radius 2 is 1.41 bits per heavy atom. The van der Waals surface area contributed by atoms with Crippen molar-refractivity contribution in [3.63, 3.8) is 0 Å². The average molecular weight is 629 g/mol. The first-order valence-corrected chi connectivity index (χ1v) is 14.9. The number of aliphatic hydroxyl groups is 1. The fourth-order valence-corrected chi connectivity index (χ4v) is 5.53. The van der Waals surface area contributed by atoms with Crippen LogP contribution < -0.4 is 14.2 Å². The van der Waals surface area contributed by atoms with Crippen molar-refractivity contribution in [1.29, 1.82) is 0 Å². The van der Waals surface area contributed by atoms with Crippen LogP contribution >= 0.6 is 0 Å². The molecule has 46 heavy (non-hydrogen) atoms. The van der Waals surface area contributed by atoms with Crippen molar-refractivity contribution in [3.05, 3.63) is 101 Å². The van der Waals surface area contributed by atoms with Crippen molar-refractivity contribution in [2.75, 3.05) is 6.61 Å². The lowest BCUT2D eigenvalue weighted by atomic mass is 9.98. The quantitative estimate of drug-likeness (QED) is 0.155. The van der Waals surface area contributed by atoms with E-state index in [4.69, 9.17) is 24.1 Å². The highest BCUT2D eigenvalue weighted by atomic mass is 19.1. The third-order valence-electron chi connectivity index (χ3n) is 8.04. The zero-order valence-electron chi connectivity index (χ0n) is 25.3. The Balaban J connectivity index is 1.19. The highest BCUT2D eigenvalue weighted by molar-refractivity contribution is 5.95. The van der Waals surface area contributed by atoms with Gasteiger partial charge in [0.1, 0.15) is 17.6 Å². The second kappa shape index (κ2) is 13.9. The minimum atomic E-state index is -0.982. The summed E-state index contributed by atoms with van der Waals surface area (Å²) in [5.41, 5.74) is 3.27. The largest absolute Gasteiger partial charge is 0.462 e. The number of benzene rings is 3. The molecule has 3 aromatic carbocycles. The first-order chi connectivity index (χ1) is 22.0. The van der Waals surface area contributed by atoms with Crippen molar-refractivity contribution in [1.82, 2.24) is 0 Å². The lowest BCUT2D eigenvalue weighted by molar-refractivity contribution is -0.150. The monoisotopic (exact) mass is 628 g/mol. The van der Waals surface area contributed by atoms with Gasteiger partial charge in [0.2, 0.25) is 0 Å². The number of hydrogen-bond acceptors (Lipinski definition) is 9. The van der Waals surface area contributed by atoms with Gasteiger partial charge < -0.3 is 24.1 Å². The van der Waals surface area contributed by atoms with Crippen molar-refractivity contribution >= 4 is 23.9 Å². The normalized spacial score (nSPS) is 15.2. The van der Waals surface area contributed by atoms with Gasteiger partial charge in [-0.25, -0.2) is 18.8 Å². The third kappa shape index (κ3) is 7.24. The van der Waals surface area contributed by atoms with E-state index in [-0.39, 0.29) is 40.9 Å². The zero-order valence-corrected chi connectivity index (χ0v) is 25.3. The van der Waals surface area contributed by atoms with Crippen LogP contribution in [0.25, 0.3) is 11.1 Å². The van der Waals surface area contributed by atoms with Crippen LogP contribution in [0.4, 0.5) is 4.39 Å². The second-order valence-corrected chi connectivity index (χ2v) is 11.3. The molecule has 0 aliphatic heterocycles. The summed E-state index contributed by atoms with van der Waals surface area (Å²) in [6.45, 7) is 8.49. The Hall–Kier alpha value is -5.09. The van der Waals surface area contributed by atoms with Crippen LogP contribution in [0.5, 0.6) is 17.2 Å². The van der Waals surface area contributed by atoms with E-state index in [1.807, 2.05) is 13.0 Å². The van der Waals surface area contributed by atoms with Gasteiger partial charge in [-0.15, -0.1) is 0 Å². The summed E-state index contributed by atoms with van der Waals surface area (Å²) in [6, 6.07) is 13.6. The summed E-state index contributed by atoms with van der Waals surface area (Å²) in [5.74, 6) is -4.11. The number of hydrogen-bond donors (Lipinski definition) is 1. The Bertz CT molecular complexity index is 1740. The molecule has 0 saturated heterocycles. The fourth-order valence-electron chi connectivity index (χ4n) is 5.53. The van der Waals surface area contributed by atoms with Crippen molar-refractivity contribution in [3.8, 4) is 28.4 Å². The van der Waals surface area contributed by atoms with E-state index in [1.54, 1.807) is 30.3 Å². The molecule has 3 aromatic rings. The number of halogens is 1. The topological polar surface area (TPSA) is 125 Å². The van der Waals surface area contributed by atoms with Crippen LogP contribution in [-0.4, -0.2) is 41.7 Å². The van der Waals surface area contributed by atoms with Crippen LogP contribution in [0, 0.1) is 5.82 Å². The number of ether oxygens (including phenoxy) is 4. The van der Waals surface area contributed by atoms with E-state index in [2.05, 4.69) is 13.2 Å². The van der Waals surface area contributed by atoms with Gasteiger partial charge in [-0.1, -0.05) is 38.6 Å². The zero-order chi connectivity index (χ0) is 33.0. The number of carbonyl (C=O) groups is 4. The van der Waals surface area contributed by atoms with Crippen LogP contribution in [0.2, 0.25) is 0 Å².